The SMILES string of the molecule is COc1c(O)c(C)c(CC[C@H](C)CCCC(C)CCC[C@@H](C)CCCC(C)CCCC(C)C)c(O)c1OC. The summed E-state index contributed by atoms with van der Waals surface area (Å²) in [5.41, 5.74) is 1.43. The van der Waals surface area contributed by atoms with Crippen LogP contribution in [0.2, 0.25) is 0 Å². The Morgan fingerprint density at radius 3 is 1.24 bits per heavy atom. The molecule has 0 aromatic heterocycles. The zero-order chi connectivity index (χ0) is 28.7. The first kappa shape index (κ1) is 34.4. The molecule has 2 unspecified atom stereocenters. The summed E-state index contributed by atoms with van der Waals surface area (Å²) in [4.78, 5) is 0. The molecule has 0 amide bonds. The highest BCUT2D eigenvalue weighted by atomic mass is 16.5. The molecule has 0 spiro atoms. The van der Waals surface area contributed by atoms with Gasteiger partial charge in [-0.25, -0.2) is 0 Å². The van der Waals surface area contributed by atoms with Crippen molar-refractivity contribution < 1.29 is 19.7 Å². The van der Waals surface area contributed by atoms with E-state index in [0.717, 1.165) is 42.1 Å². The third kappa shape index (κ3) is 12.5. The number of phenols is 2. The summed E-state index contributed by atoms with van der Waals surface area (Å²) in [5.74, 6) is 4.53. The van der Waals surface area contributed by atoms with E-state index in [0.29, 0.717) is 11.5 Å². The summed E-state index contributed by atoms with van der Waals surface area (Å²) in [6.07, 6.45) is 17.9. The molecule has 0 bridgehead atoms. The van der Waals surface area contributed by atoms with E-state index < -0.39 is 0 Å². The number of phenolic OH excluding ortho intramolecular Hbond substituents is 2. The van der Waals surface area contributed by atoms with Crippen molar-refractivity contribution in [1.82, 2.24) is 0 Å². The van der Waals surface area contributed by atoms with E-state index in [1.54, 1.807) is 0 Å². The molecule has 4 heteroatoms. The summed E-state index contributed by atoms with van der Waals surface area (Å²) in [5, 5.41) is 21.2. The topological polar surface area (TPSA) is 58.9 Å². The van der Waals surface area contributed by atoms with E-state index >= 15 is 0 Å². The van der Waals surface area contributed by atoms with Gasteiger partial charge in [0.15, 0.2) is 11.5 Å². The molecular weight excluding hydrogens is 472 g/mol. The van der Waals surface area contributed by atoms with Crippen molar-refractivity contribution in [2.75, 3.05) is 14.2 Å². The second kappa shape index (κ2) is 18.7. The van der Waals surface area contributed by atoms with Crippen LogP contribution in [0.15, 0.2) is 0 Å². The molecule has 1 aromatic rings. The predicted molar refractivity (Wildman–Crippen MR) is 163 cm³/mol. The van der Waals surface area contributed by atoms with Crippen molar-refractivity contribution in [2.24, 2.45) is 29.6 Å². The fourth-order valence-electron chi connectivity index (χ4n) is 5.81. The minimum absolute atomic E-state index is 0.0552. The van der Waals surface area contributed by atoms with E-state index in [1.807, 2.05) is 6.92 Å². The van der Waals surface area contributed by atoms with Crippen LogP contribution in [0.25, 0.3) is 0 Å². The third-order valence-corrected chi connectivity index (χ3v) is 8.69. The lowest BCUT2D eigenvalue weighted by Gasteiger charge is -2.19. The lowest BCUT2D eigenvalue weighted by atomic mass is 9.89. The Morgan fingerprint density at radius 2 is 0.868 bits per heavy atom. The Kier molecular flexibility index (Phi) is 16.9. The minimum Gasteiger partial charge on any atom is -0.504 e. The van der Waals surface area contributed by atoms with Crippen LogP contribution in [0.1, 0.15) is 136 Å². The largest absolute Gasteiger partial charge is 0.504 e. The Labute approximate surface area is 235 Å². The van der Waals surface area contributed by atoms with Crippen LogP contribution in [-0.2, 0) is 6.42 Å². The van der Waals surface area contributed by atoms with Crippen molar-refractivity contribution in [3.63, 3.8) is 0 Å². The molecule has 0 heterocycles. The third-order valence-electron chi connectivity index (χ3n) is 8.69. The summed E-state index contributed by atoms with van der Waals surface area (Å²) in [6, 6.07) is 0. The fourth-order valence-corrected chi connectivity index (χ4v) is 5.81. The minimum atomic E-state index is 0.0552. The van der Waals surface area contributed by atoms with Crippen LogP contribution < -0.4 is 9.47 Å². The molecule has 0 saturated heterocycles. The average Bonchev–Trinajstić information content (AvgIpc) is 2.85. The predicted octanol–water partition coefficient (Wildman–Crippen LogP) is 10.2. The molecule has 38 heavy (non-hydrogen) atoms. The fraction of sp³-hybridized carbons (Fsp3) is 0.824. The van der Waals surface area contributed by atoms with Gasteiger partial charge >= 0.3 is 0 Å². The monoisotopic (exact) mass is 534 g/mol. The van der Waals surface area contributed by atoms with E-state index in [9.17, 15) is 10.2 Å². The van der Waals surface area contributed by atoms with Gasteiger partial charge in [0.05, 0.1) is 14.2 Å². The number of rotatable bonds is 21. The van der Waals surface area contributed by atoms with Crippen LogP contribution in [0.3, 0.4) is 0 Å². The zero-order valence-corrected chi connectivity index (χ0v) is 26.5. The highest BCUT2D eigenvalue weighted by Gasteiger charge is 2.23. The van der Waals surface area contributed by atoms with Crippen molar-refractivity contribution in [3.8, 4) is 23.0 Å². The Bertz CT molecular complexity index is 772. The molecule has 0 aliphatic carbocycles. The number of hydrogen-bond acceptors (Lipinski definition) is 4. The number of ether oxygens (including phenoxy) is 2. The van der Waals surface area contributed by atoms with Gasteiger partial charge in [-0.2, -0.15) is 0 Å². The Morgan fingerprint density at radius 1 is 0.526 bits per heavy atom. The van der Waals surface area contributed by atoms with Gasteiger partial charge in [0, 0.05) is 11.1 Å². The van der Waals surface area contributed by atoms with Gasteiger partial charge in [0.2, 0.25) is 11.5 Å². The second-order valence-electron chi connectivity index (χ2n) is 12.9. The summed E-state index contributed by atoms with van der Waals surface area (Å²) >= 11 is 0. The van der Waals surface area contributed by atoms with Crippen molar-refractivity contribution >= 4 is 0 Å². The van der Waals surface area contributed by atoms with E-state index in [4.69, 9.17) is 9.47 Å². The summed E-state index contributed by atoms with van der Waals surface area (Å²) in [7, 11) is 2.95. The van der Waals surface area contributed by atoms with Gasteiger partial charge in [-0.05, 0) is 49.4 Å². The molecule has 0 aliphatic heterocycles. The normalized spacial score (nSPS) is 14.9. The van der Waals surface area contributed by atoms with Crippen LogP contribution >= 0.6 is 0 Å². The van der Waals surface area contributed by atoms with Crippen LogP contribution in [0, 0.1) is 36.5 Å². The van der Waals surface area contributed by atoms with Gasteiger partial charge in [-0.15, -0.1) is 0 Å². The van der Waals surface area contributed by atoms with Crippen LogP contribution in [0.4, 0.5) is 0 Å². The molecule has 4 atom stereocenters. The molecule has 2 N–H and O–H groups in total. The lowest BCUT2D eigenvalue weighted by molar-refractivity contribution is 0.313. The first-order valence-corrected chi connectivity index (χ1v) is 15.7. The maximum Gasteiger partial charge on any atom is 0.207 e. The number of hydrogen-bond donors (Lipinski definition) is 2. The van der Waals surface area contributed by atoms with Gasteiger partial charge in [0.1, 0.15) is 0 Å². The number of aromatic hydroxyl groups is 2. The average molecular weight is 535 g/mol. The van der Waals surface area contributed by atoms with Gasteiger partial charge < -0.3 is 19.7 Å². The van der Waals surface area contributed by atoms with Gasteiger partial charge in [-0.3, -0.25) is 0 Å². The Hall–Kier alpha value is -1.58. The molecule has 1 rings (SSSR count). The van der Waals surface area contributed by atoms with Crippen LogP contribution in [-0.4, -0.2) is 24.4 Å². The molecule has 0 saturated carbocycles. The number of methoxy groups -OCH3 is 2. The van der Waals surface area contributed by atoms with E-state index in [-0.39, 0.29) is 23.0 Å². The molecule has 1 aromatic carbocycles. The molecule has 0 aliphatic rings. The smallest absolute Gasteiger partial charge is 0.207 e. The maximum atomic E-state index is 10.7. The van der Waals surface area contributed by atoms with Gasteiger partial charge in [-0.1, -0.05) is 119 Å². The maximum absolute atomic E-state index is 10.7. The lowest BCUT2D eigenvalue weighted by Crippen LogP contribution is -2.04. The molecule has 0 radical (unpaired) electrons. The highest BCUT2D eigenvalue weighted by molar-refractivity contribution is 5.65. The zero-order valence-electron chi connectivity index (χ0n) is 26.5. The molecule has 4 nitrogen and oxygen atoms in total. The first-order chi connectivity index (χ1) is 18.0. The molecule has 0 fully saturated rings. The number of benzene rings is 1. The highest BCUT2D eigenvalue weighted by Crippen LogP contribution is 2.48. The Balaban J connectivity index is 2.24. The molecule has 222 valence electrons. The summed E-state index contributed by atoms with van der Waals surface area (Å²) < 4.78 is 10.5. The van der Waals surface area contributed by atoms with Gasteiger partial charge in [0.25, 0.3) is 0 Å². The first-order valence-electron chi connectivity index (χ1n) is 15.7. The van der Waals surface area contributed by atoms with E-state index in [1.165, 1.54) is 91.3 Å². The quantitative estimate of drug-likeness (QED) is 0.154. The van der Waals surface area contributed by atoms with Crippen LogP contribution in [0.5, 0.6) is 23.0 Å². The standard InChI is InChI=1S/C34H62O4/c1-24(2)14-10-15-25(3)16-11-17-26(4)18-12-19-27(5)20-13-21-28(6)22-23-30-29(7)31(35)33(37-8)34(38-9)32(30)36/h24-28,35-36H,10-23H2,1-9H3/t25?,26-,27?,28+/m0/s1. The second-order valence-corrected chi connectivity index (χ2v) is 12.9. The van der Waals surface area contributed by atoms with Crippen molar-refractivity contribution in [1.29, 1.82) is 0 Å². The van der Waals surface area contributed by atoms with Crippen molar-refractivity contribution in [2.45, 2.75) is 138 Å². The van der Waals surface area contributed by atoms with Crippen molar-refractivity contribution in [3.05, 3.63) is 11.1 Å². The van der Waals surface area contributed by atoms with E-state index in [2.05, 4.69) is 41.5 Å². The molecular formula is C34H62O4. The summed E-state index contributed by atoms with van der Waals surface area (Å²) in [6.45, 7) is 16.1.